The molecule has 0 bridgehead atoms. The molecule has 0 atom stereocenters. The van der Waals surface area contributed by atoms with Crippen molar-refractivity contribution in [3.05, 3.63) is 33.1 Å². The predicted octanol–water partition coefficient (Wildman–Crippen LogP) is 2.93. The first kappa shape index (κ1) is 21.1. The standard InChI is InChI=1S/C14H17ClFN5O5/c1-5-26-14(23)20(4)13(19(2)3)18-12(22)17-10-7-11(21(24)25)8(15)6-9(10)16/h6-7H,5H2,1-4H3,(H,17,22). The molecule has 0 fully saturated rings. The van der Waals surface area contributed by atoms with Crippen LogP contribution in [0.5, 0.6) is 0 Å². The minimum Gasteiger partial charge on any atom is -0.449 e. The van der Waals surface area contributed by atoms with Gasteiger partial charge in [-0.05, 0) is 6.92 Å². The van der Waals surface area contributed by atoms with Crippen LogP contribution in [0, 0.1) is 15.9 Å². The lowest BCUT2D eigenvalue weighted by Gasteiger charge is -2.23. The highest BCUT2D eigenvalue weighted by Gasteiger charge is 2.21. The van der Waals surface area contributed by atoms with Crippen molar-refractivity contribution < 1.29 is 23.6 Å². The van der Waals surface area contributed by atoms with E-state index in [2.05, 4.69) is 10.3 Å². The minimum absolute atomic E-state index is 0.0928. The van der Waals surface area contributed by atoms with Gasteiger partial charge in [0, 0.05) is 33.3 Å². The molecule has 0 saturated carbocycles. The first-order chi connectivity index (χ1) is 12.1. The molecule has 0 spiro atoms. The largest absolute Gasteiger partial charge is 0.449 e. The molecular formula is C14H17ClFN5O5. The number of aliphatic imine (C=N–C) groups is 1. The molecule has 0 aliphatic rings. The topological polar surface area (TPSA) is 117 Å². The molecule has 0 radical (unpaired) electrons. The zero-order chi connectivity index (χ0) is 20.0. The van der Waals surface area contributed by atoms with Crippen molar-refractivity contribution in [2.75, 3.05) is 33.1 Å². The third kappa shape index (κ3) is 5.28. The number of benzene rings is 1. The number of hydrogen-bond acceptors (Lipinski definition) is 5. The van der Waals surface area contributed by atoms with Gasteiger partial charge in [0.2, 0.25) is 5.96 Å². The van der Waals surface area contributed by atoms with Crippen molar-refractivity contribution in [3.8, 4) is 0 Å². The lowest BCUT2D eigenvalue weighted by Crippen LogP contribution is -2.42. The average molecular weight is 390 g/mol. The lowest BCUT2D eigenvalue weighted by molar-refractivity contribution is -0.384. The molecule has 10 nitrogen and oxygen atoms in total. The molecule has 0 aromatic heterocycles. The Balaban J connectivity index is 3.11. The molecule has 1 N–H and O–H groups in total. The van der Waals surface area contributed by atoms with E-state index in [-0.39, 0.29) is 12.6 Å². The Labute approximate surface area is 153 Å². The number of ether oxygens (including phenoxy) is 1. The predicted molar refractivity (Wildman–Crippen MR) is 93.0 cm³/mol. The third-order valence-electron chi connectivity index (χ3n) is 2.92. The SMILES string of the molecule is CCOC(=O)N(C)C(=NC(=O)Nc1cc([N+](=O)[O-])c(Cl)cc1F)N(C)C. The molecule has 0 aliphatic heterocycles. The second-order valence-electron chi connectivity index (χ2n) is 5.03. The summed E-state index contributed by atoms with van der Waals surface area (Å²) in [6, 6.07) is 0.423. The summed E-state index contributed by atoms with van der Waals surface area (Å²) in [7, 11) is 4.38. The van der Waals surface area contributed by atoms with Crippen molar-refractivity contribution in [1.82, 2.24) is 9.80 Å². The van der Waals surface area contributed by atoms with Crippen LogP contribution < -0.4 is 5.32 Å². The maximum atomic E-state index is 13.9. The van der Waals surface area contributed by atoms with Gasteiger partial charge in [0.1, 0.15) is 10.8 Å². The molecule has 3 amide bonds. The molecule has 1 aromatic rings. The molecule has 1 rings (SSSR count). The van der Waals surface area contributed by atoms with Crippen LogP contribution in [0.3, 0.4) is 0 Å². The smallest absolute Gasteiger partial charge is 0.416 e. The number of carbonyl (C=O) groups excluding carboxylic acids is 2. The van der Waals surface area contributed by atoms with Gasteiger partial charge in [-0.25, -0.2) is 14.0 Å². The van der Waals surface area contributed by atoms with Crippen LogP contribution in [0.2, 0.25) is 5.02 Å². The van der Waals surface area contributed by atoms with E-state index < -0.39 is 39.3 Å². The van der Waals surface area contributed by atoms with Crippen LogP contribution in [0.1, 0.15) is 6.92 Å². The minimum atomic E-state index is -1.06. The number of nitro benzene ring substituents is 1. The number of nitrogens with one attached hydrogen (secondary N) is 1. The monoisotopic (exact) mass is 389 g/mol. The van der Waals surface area contributed by atoms with Gasteiger partial charge >= 0.3 is 12.1 Å². The van der Waals surface area contributed by atoms with E-state index in [1.807, 2.05) is 0 Å². The number of guanidine groups is 1. The summed E-state index contributed by atoms with van der Waals surface area (Å²) in [5.74, 6) is -1.07. The Bertz CT molecular complexity index is 755. The first-order valence-electron chi connectivity index (χ1n) is 7.19. The number of nitrogens with zero attached hydrogens (tertiary/aromatic N) is 4. The second-order valence-corrected chi connectivity index (χ2v) is 5.44. The summed E-state index contributed by atoms with van der Waals surface area (Å²) in [5, 5.41) is 12.5. The molecule has 1 aromatic carbocycles. The summed E-state index contributed by atoms with van der Waals surface area (Å²) < 4.78 is 18.7. The maximum Gasteiger partial charge on any atom is 0.416 e. The van der Waals surface area contributed by atoms with Crippen LogP contribution in [-0.4, -0.2) is 60.6 Å². The van der Waals surface area contributed by atoms with E-state index in [0.717, 1.165) is 11.0 Å². The van der Waals surface area contributed by atoms with E-state index in [4.69, 9.17) is 16.3 Å². The van der Waals surface area contributed by atoms with Crippen LogP contribution in [0.25, 0.3) is 0 Å². The van der Waals surface area contributed by atoms with E-state index >= 15 is 0 Å². The highest BCUT2D eigenvalue weighted by molar-refractivity contribution is 6.32. The lowest BCUT2D eigenvalue weighted by atomic mass is 10.2. The summed E-state index contributed by atoms with van der Waals surface area (Å²) in [6.45, 7) is 1.73. The summed E-state index contributed by atoms with van der Waals surface area (Å²) in [6.07, 6.45) is -0.749. The van der Waals surface area contributed by atoms with Gasteiger partial charge in [0.15, 0.2) is 0 Å². The van der Waals surface area contributed by atoms with Gasteiger partial charge in [-0.15, -0.1) is 0 Å². The van der Waals surface area contributed by atoms with Gasteiger partial charge in [-0.2, -0.15) is 4.99 Å². The number of amides is 3. The Morgan fingerprint density at radius 1 is 1.38 bits per heavy atom. The number of urea groups is 1. The Morgan fingerprint density at radius 2 is 2.00 bits per heavy atom. The summed E-state index contributed by atoms with van der Waals surface area (Å²) in [5.41, 5.74) is -1.06. The van der Waals surface area contributed by atoms with Gasteiger partial charge in [-0.3, -0.25) is 15.0 Å². The van der Waals surface area contributed by atoms with Gasteiger partial charge in [-0.1, -0.05) is 11.6 Å². The van der Waals surface area contributed by atoms with Crippen molar-refractivity contribution in [3.63, 3.8) is 0 Å². The fourth-order valence-corrected chi connectivity index (χ4v) is 2.00. The highest BCUT2D eigenvalue weighted by Crippen LogP contribution is 2.30. The van der Waals surface area contributed by atoms with E-state index in [1.165, 1.54) is 26.0 Å². The molecule has 0 aliphatic carbocycles. The van der Waals surface area contributed by atoms with Gasteiger partial charge in [0.25, 0.3) is 5.69 Å². The van der Waals surface area contributed by atoms with Gasteiger partial charge < -0.3 is 15.0 Å². The number of halogens is 2. The van der Waals surface area contributed by atoms with E-state index in [1.54, 1.807) is 6.92 Å². The van der Waals surface area contributed by atoms with E-state index in [0.29, 0.717) is 6.07 Å². The highest BCUT2D eigenvalue weighted by atomic mass is 35.5. The van der Waals surface area contributed by atoms with Crippen LogP contribution in [-0.2, 0) is 4.74 Å². The third-order valence-corrected chi connectivity index (χ3v) is 3.22. The van der Waals surface area contributed by atoms with Gasteiger partial charge in [0.05, 0.1) is 17.2 Å². The summed E-state index contributed by atoms with van der Waals surface area (Å²) in [4.78, 5) is 39.8. The van der Waals surface area contributed by atoms with Crippen LogP contribution >= 0.6 is 11.6 Å². The quantitative estimate of drug-likeness (QED) is 0.367. The number of rotatable bonds is 3. The van der Waals surface area contributed by atoms with Crippen molar-refractivity contribution in [2.45, 2.75) is 6.92 Å². The van der Waals surface area contributed by atoms with Crippen LogP contribution in [0.4, 0.5) is 25.4 Å². The Kier molecular flexibility index (Phi) is 7.26. The van der Waals surface area contributed by atoms with E-state index in [9.17, 15) is 24.1 Å². The average Bonchev–Trinajstić information content (AvgIpc) is 2.54. The Morgan fingerprint density at radius 3 is 2.50 bits per heavy atom. The summed E-state index contributed by atoms with van der Waals surface area (Å²) >= 11 is 5.58. The van der Waals surface area contributed by atoms with Crippen LogP contribution in [0.15, 0.2) is 17.1 Å². The molecule has 0 saturated heterocycles. The normalized spacial score (nSPS) is 10.9. The number of nitro groups is 1. The number of carbonyl (C=O) groups is 2. The zero-order valence-electron chi connectivity index (χ0n) is 14.4. The molecule has 142 valence electrons. The Hall–Kier alpha value is -2.95. The molecule has 0 unspecified atom stereocenters. The number of anilines is 1. The molecule has 0 heterocycles. The molecular weight excluding hydrogens is 373 g/mol. The first-order valence-corrected chi connectivity index (χ1v) is 7.57. The fraction of sp³-hybridized carbons (Fsp3) is 0.357. The second kappa shape index (κ2) is 8.94. The van der Waals surface area contributed by atoms with Crippen molar-refractivity contribution in [2.24, 2.45) is 4.99 Å². The van der Waals surface area contributed by atoms with Crippen molar-refractivity contribution >= 4 is 41.1 Å². The molecule has 12 heteroatoms. The zero-order valence-corrected chi connectivity index (χ0v) is 15.2. The fourth-order valence-electron chi connectivity index (χ4n) is 1.78. The maximum absolute atomic E-state index is 13.9. The molecule has 26 heavy (non-hydrogen) atoms. The van der Waals surface area contributed by atoms with Crippen molar-refractivity contribution in [1.29, 1.82) is 0 Å². The number of hydrogen-bond donors (Lipinski definition) is 1.